The Balaban J connectivity index is 0. The summed E-state index contributed by atoms with van der Waals surface area (Å²) in [5.41, 5.74) is 0. The standard InChI is InChI=1S/C6H10O8.Cd/c7-1(3(9)5(11)12)2(8)4(10)6(13)14;/h1-4,7-10H,(H,11,12)(H,13,14);/t1-,2-,3-,4+;/m1./s1. The van der Waals surface area contributed by atoms with Gasteiger partial charge in [-0.1, -0.05) is 0 Å². The van der Waals surface area contributed by atoms with Crippen LogP contribution in [0.1, 0.15) is 0 Å². The minimum atomic E-state index is -2.36. The van der Waals surface area contributed by atoms with Gasteiger partial charge in [0.1, 0.15) is 12.2 Å². The van der Waals surface area contributed by atoms with Gasteiger partial charge in [0.2, 0.25) is 0 Å². The monoisotopic (exact) mass is 324 g/mol. The first kappa shape index (κ1) is 17.1. The molecule has 0 aromatic heterocycles. The Morgan fingerprint density at radius 3 is 1.07 bits per heavy atom. The van der Waals surface area contributed by atoms with E-state index in [2.05, 4.69) is 0 Å². The number of hydrogen-bond donors (Lipinski definition) is 6. The van der Waals surface area contributed by atoms with Gasteiger partial charge in [-0.15, -0.1) is 0 Å². The molecule has 0 aliphatic heterocycles. The maximum absolute atomic E-state index is 10.1. The first-order valence-electron chi connectivity index (χ1n) is 3.47. The van der Waals surface area contributed by atoms with Crippen LogP contribution >= 0.6 is 0 Å². The van der Waals surface area contributed by atoms with Crippen LogP contribution in [0, 0.1) is 0 Å². The molecule has 84 valence electrons. The van der Waals surface area contributed by atoms with Gasteiger partial charge in [0.25, 0.3) is 0 Å². The normalized spacial score (nSPS) is 18.1. The van der Waals surface area contributed by atoms with Crippen LogP contribution in [0.15, 0.2) is 0 Å². The van der Waals surface area contributed by atoms with Crippen molar-refractivity contribution in [3.63, 3.8) is 0 Å². The van der Waals surface area contributed by atoms with E-state index in [1.807, 2.05) is 0 Å². The molecule has 0 aliphatic carbocycles. The van der Waals surface area contributed by atoms with Crippen molar-refractivity contribution in [1.29, 1.82) is 0 Å². The zero-order chi connectivity index (χ0) is 11.5. The maximum atomic E-state index is 10.1. The first-order valence-corrected chi connectivity index (χ1v) is 3.47. The van der Waals surface area contributed by atoms with Gasteiger partial charge < -0.3 is 30.6 Å². The summed E-state index contributed by atoms with van der Waals surface area (Å²) in [6.07, 6.45) is -9.28. The van der Waals surface area contributed by atoms with Crippen molar-refractivity contribution in [2.45, 2.75) is 24.4 Å². The average molecular weight is 323 g/mol. The predicted molar refractivity (Wildman–Crippen MR) is 39.3 cm³/mol. The van der Waals surface area contributed by atoms with Crippen molar-refractivity contribution in [2.24, 2.45) is 0 Å². The van der Waals surface area contributed by atoms with Crippen LogP contribution < -0.4 is 0 Å². The van der Waals surface area contributed by atoms with E-state index in [0.29, 0.717) is 0 Å². The van der Waals surface area contributed by atoms with Gasteiger partial charge in [0.05, 0.1) is 0 Å². The van der Waals surface area contributed by atoms with E-state index in [4.69, 9.17) is 30.6 Å². The number of aliphatic carboxylic acids is 2. The predicted octanol–water partition coefficient (Wildman–Crippen LogP) is -3.40. The molecular formula is C6H10CdO8. The van der Waals surface area contributed by atoms with E-state index in [-0.39, 0.29) is 27.3 Å². The molecule has 0 aromatic carbocycles. The van der Waals surface area contributed by atoms with Crippen LogP contribution in [0.2, 0.25) is 0 Å². The summed E-state index contributed by atoms with van der Waals surface area (Å²) < 4.78 is 0. The van der Waals surface area contributed by atoms with E-state index in [1.165, 1.54) is 0 Å². The number of rotatable bonds is 5. The maximum Gasteiger partial charge on any atom is 0.335 e. The molecular weight excluding hydrogens is 312 g/mol. The average Bonchev–Trinajstić information content (AvgIpc) is 2.12. The van der Waals surface area contributed by atoms with Gasteiger partial charge in [-0.3, -0.25) is 0 Å². The molecule has 0 fully saturated rings. The summed E-state index contributed by atoms with van der Waals surface area (Å²) in [6.45, 7) is 0. The number of carboxylic acid groups (broad SMARTS) is 2. The summed E-state index contributed by atoms with van der Waals surface area (Å²) in [6, 6.07) is 0. The number of carboxylic acids is 2. The van der Waals surface area contributed by atoms with Crippen LogP contribution in [0.25, 0.3) is 0 Å². The Kier molecular flexibility index (Phi) is 8.05. The zero-order valence-electron chi connectivity index (χ0n) is 7.52. The third-order valence-corrected chi connectivity index (χ3v) is 1.50. The fourth-order valence-corrected chi connectivity index (χ4v) is 0.666. The Morgan fingerprint density at radius 2 is 0.933 bits per heavy atom. The SMILES string of the molecule is O=C(O)[C@@H](O)[C@H](O)[C@@H](O)[C@@H](O)C(=O)O.[Cd]. The van der Waals surface area contributed by atoms with E-state index >= 15 is 0 Å². The summed E-state index contributed by atoms with van der Waals surface area (Å²) in [4.78, 5) is 20.2. The molecule has 4 atom stereocenters. The van der Waals surface area contributed by atoms with Crippen LogP contribution in [-0.4, -0.2) is 67.0 Å². The Hall–Kier alpha value is -0.298. The molecule has 0 spiro atoms. The molecule has 15 heavy (non-hydrogen) atoms. The molecule has 0 aliphatic rings. The molecule has 0 saturated carbocycles. The summed E-state index contributed by atoms with van der Waals surface area (Å²) in [5.74, 6) is -3.68. The van der Waals surface area contributed by atoms with Crippen LogP contribution in [0.5, 0.6) is 0 Å². The van der Waals surface area contributed by atoms with Crippen molar-refractivity contribution >= 4 is 11.9 Å². The number of aliphatic hydroxyl groups is 4. The van der Waals surface area contributed by atoms with Crippen molar-refractivity contribution in [3.8, 4) is 0 Å². The van der Waals surface area contributed by atoms with Gasteiger partial charge in [-0.25, -0.2) is 9.59 Å². The van der Waals surface area contributed by atoms with Crippen LogP contribution in [0.3, 0.4) is 0 Å². The molecule has 9 heteroatoms. The number of carbonyl (C=O) groups is 2. The van der Waals surface area contributed by atoms with Crippen LogP contribution in [0.4, 0.5) is 0 Å². The molecule has 0 amide bonds. The molecule has 0 bridgehead atoms. The third-order valence-electron chi connectivity index (χ3n) is 1.50. The fraction of sp³-hybridized carbons (Fsp3) is 0.667. The Bertz CT molecular complexity index is 207. The third kappa shape index (κ3) is 4.83. The number of aliphatic hydroxyl groups excluding tert-OH is 4. The second-order valence-electron chi connectivity index (χ2n) is 2.55. The second kappa shape index (κ2) is 7.05. The topological polar surface area (TPSA) is 156 Å². The van der Waals surface area contributed by atoms with E-state index in [9.17, 15) is 9.59 Å². The van der Waals surface area contributed by atoms with Crippen molar-refractivity contribution in [3.05, 3.63) is 0 Å². The van der Waals surface area contributed by atoms with Gasteiger partial charge in [-0.05, 0) is 0 Å². The summed E-state index contributed by atoms with van der Waals surface area (Å²) in [7, 11) is 0. The summed E-state index contributed by atoms with van der Waals surface area (Å²) in [5, 5.41) is 51.5. The van der Waals surface area contributed by atoms with Crippen LogP contribution in [-0.2, 0) is 36.9 Å². The van der Waals surface area contributed by atoms with Crippen molar-refractivity contribution in [2.75, 3.05) is 0 Å². The zero-order valence-corrected chi connectivity index (χ0v) is 11.6. The Labute approximate surface area is 104 Å². The van der Waals surface area contributed by atoms with Gasteiger partial charge in [-0.2, -0.15) is 0 Å². The molecule has 0 saturated heterocycles. The van der Waals surface area contributed by atoms with E-state index < -0.39 is 36.4 Å². The van der Waals surface area contributed by atoms with Crippen molar-refractivity contribution in [1.82, 2.24) is 0 Å². The second-order valence-corrected chi connectivity index (χ2v) is 2.55. The minimum Gasteiger partial charge on any atom is -0.479 e. The molecule has 0 rings (SSSR count). The molecule has 6 N–H and O–H groups in total. The summed E-state index contributed by atoms with van der Waals surface area (Å²) >= 11 is 0. The van der Waals surface area contributed by atoms with Crippen molar-refractivity contribution < 1.29 is 67.5 Å². The largest absolute Gasteiger partial charge is 0.479 e. The molecule has 8 nitrogen and oxygen atoms in total. The fourth-order valence-electron chi connectivity index (χ4n) is 0.666. The molecule has 0 heterocycles. The molecule has 0 aromatic rings. The minimum absolute atomic E-state index is 0. The van der Waals surface area contributed by atoms with Gasteiger partial charge in [0.15, 0.2) is 12.2 Å². The smallest absolute Gasteiger partial charge is 0.335 e. The number of hydrogen-bond acceptors (Lipinski definition) is 6. The quantitative estimate of drug-likeness (QED) is 0.286. The first-order chi connectivity index (χ1) is 6.29. The van der Waals surface area contributed by atoms with E-state index in [1.54, 1.807) is 0 Å². The van der Waals surface area contributed by atoms with Gasteiger partial charge >= 0.3 is 11.9 Å². The van der Waals surface area contributed by atoms with E-state index in [0.717, 1.165) is 0 Å². The van der Waals surface area contributed by atoms with Gasteiger partial charge in [0, 0.05) is 27.3 Å². The molecule has 0 unspecified atom stereocenters. The Morgan fingerprint density at radius 1 is 0.733 bits per heavy atom. The molecule has 0 radical (unpaired) electrons.